The van der Waals surface area contributed by atoms with E-state index in [0.717, 1.165) is 43.7 Å². The van der Waals surface area contributed by atoms with E-state index in [2.05, 4.69) is 43.8 Å². The van der Waals surface area contributed by atoms with E-state index in [-0.39, 0.29) is 24.0 Å². The molecule has 1 unspecified atom stereocenters. The predicted octanol–water partition coefficient (Wildman–Crippen LogP) is 2.04. The summed E-state index contributed by atoms with van der Waals surface area (Å²) in [7, 11) is 1.86. The van der Waals surface area contributed by atoms with E-state index in [4.69, 9.17) is 0 Å². The fraction of sp³-hybridized carbons (Fsp3) is 0.800. The molecule has 1 fully saturated rings. The van der Waals surface area contributed by atoms with Crippen LogP contribution in [0.4, 0.5) is 0 Å². The molecule has 0 aromatic carbocycles. The van der Waals surface area contributed by atoms with Crippen LogP contribution in [0.5, 0.6) is 0 Å². The van der Waals surface area contributed by atoms with Gasteiger partial charge in [0.15, 0.2) is 11.8 Å². The Morgan fingerprint density at radius 1 is 1.36 bits per heavy atom. The Kier molecular flexibility index (Phi) is 5.68. The lowest BCUT2D eigenvalue weighted by atomic mass is 9.87. The molecule has 1 aromatic heterocycles. The number of aromatic nitrogens is 3. The molecule has 6 nitrogen and oxygen atoms in total. The summed E-state index contributed by atoms with van der Waals surface area (Å²) < 4.78 is 2.24. The molecule has 1 N–H and O–H groups in total. The number of rotatable bonds is 3. The van der Waals surface area contributed by atoms with Gasteiger partial charge in [0.2, 0.25) is 0 Å². The molecule has 3 heterocycles. The number of fused-ring (bicyclic) bond motifs is 1. The van der Waals surface area contributed by atoms with Crippen molar-refractivity contribution in [3.63, 3.8) is 0 Å². The Hall–Kier alpha value is -0.860. The first-order chi connectivity index (χ1) is 10.1. The van der Waals surface area contributed by atoms with Crippen LogP contribution in [0.25, 0.3) is 0 Å². The smallest absolute Gasteiger partial charge is 0.194 e. The minimum absolute atomic E-state index is 0. The van der Waals surface area contributed by atoms with Crippen LogP contribution in [0.2, 0.25) is 0 Å². The average molecular weight is 418 g/mol. The second-order valence-corrected chi connectivity index (χ2v) is 6.52. The minimum Gasteiger partial charge on any atom is -0.349 e. The Morgan fingerprint density at radius 3 is 2.86 bits per heavy atom. The lowest BCUT2D eigenvalue weighted by molar-refractivity contribution is 0.322. The third-order valence-electron chi connectivity index (χ3n) is 5.01. The van der Waals surface area contributed by atoms with Crippen LogP contribution in [-0.4, -0.2) is 45.8 Å². The highest BCUT2D eigenvalue weighted by Gasteiger charge is 2.33. The van der Waals surface area contributed by atoms with Crippen molar-refractivity contribution >= 4 is 29.9 Å². The SMILES string of the molecule is CCC1(C)CCN(C(=NC)NCc2nnc3n2CCC3)C1.I. The number of aryl methyl sites for hydroxylation is 1. The predicted molar refractivity (Wildman–Crippen MR) is 98.5 cm³/mol. The normalized spacial score (nSPS) is 24.3. The van der Waals surface area contributed by atoms with Gasteiger partial charge in [-0.2, -0.15) is 0 Å². The Morgan fingerprint density at radius 2 is 2.18 bits per heavy atom. The topological polar surface area (TPSA) is 58.3 Å². The molecule has 1 aromatic rings. The first-order valence-electron chi connectivity index (χ1n) is 8.02. The van der Waals surface area contributed by atoms with Crippen molar-refractivity contribution in [2.75, 3.05) is 20.1 Å². The van der Waals surface area contributed by atoms with Gasteiger partial charge in [0.25, 0.3) is 0 Å². The van der Waals surface area contributed by atoms with Crippen molar-refractivity contribution in [1.82, 2.24) is 25.0 Å². The maximum Gasteiger partial charge on any atom is 0.194 e. The molecule has 1 saturated heterocycles. The summed E-state index contributed by atoms with van der Waals surface area (Å²) in [5.41, 5.74) is 0.424. The lowest BCUT2D eigenvalue weighted by Crippen LogP contribution is -2.41. The highest BCUT2D eigenvalue weighted by atomic mass is 127. The lowest BCUT2D eigenvalue weighted by Gasteiger charge is -2.25. The monoisotopic (exact) mass is 418 g/mol. The largest absolute Gasteiger partial charge is 0.349 e. The third kappa shape index (κ3) is 3.38. The number of likely N-dealkylation sites (tertiary alicyclic amines) is 1. The van der Waals surface area contributed by atoms with Crippen molar-refractivity contribution in [3.05, 3.63) is 11.6 Å². The number of hydrogen-bond acceptors (Lipinski definition) is 3. The van der Waals surface area contributed by atoms with E-state index < -0.39 is 0 Å². The van der Waals surface area contributed by atoms with Gasteiger partial charge in [-0.05, 0) is 24.7 Å². The van der Waals surface area contributed by atoms with E-state index in [9.17, 15) is 0 Å². The number of hydrogen-bond donors (Lipinski definition) is 1. The van der Waals surface area contributed by atoms with Crippen LogP contribution in [0.3, 0.4) is 0 Å². The summed E-state index contributed by atoms with van der Waals surface area (Å²) >= 11 is 0. The van der Waals surface area contributed by atoms with Gasteiger partial charge >= 0.3 is 0 Å². The van der Waals surface area contributed by atoms with E-state index in [1.54, 1.807) is 0 Å². The molecule has 2 aliphatic rings. The quantitative estimate of drug-likeness (QED) is 0.464. The first-order valence-corrected chi connectivity index (χ1v) is 8.02. The molecule has 22 heavy (non-hydrogen) atoms. The van der Waals surface area contributed by atoms with Gasteiger partial charge in [-0.15, -0.1) is 34.2 Å². The van der Waals surface area contributed by atoms with E-state index in [1.807, 2.05) is 7.05 Å². The number of aliphatic imine (C=N–C) groups is 1. The van der Waals surface area contributed by atoms with Crippen LogP contribution in [0.1, 0.15) is 44.8 Å². The first kappa shape index (κ1) is 17.5. The van der Waals surface area contributed by atoms with Gasteiger partial charge in [-0.3, -0.25) is 4.99 Å². The average Bonchev–Trinajstić information content (AvgIpc) is 3.17. The Bertz CT molecular complexity index is 540. The summed E-state index contributed by atoms with van der Waals surface area (Å²) in [6.07, 6.45) is 4.71. The van der Waals surface area contributed by atoms with E-state index >= 15 is 0 Å². The van der Waals surface area contributed by atoms with Crippen molar-refractivity contribution < 1.29 is 0 Å². The van der Waals surface area contributed by atoms with Gasteiger partial charge in [0.05, 0.1) is 6.54 Å². The molecule has 124 valence electrons. The fourth-order valence-corrected chi connectivity index (χ4v) is 3.33. The van der Waals surface area contributed by atoms with Crippen molar-refractivity contribution in [2.45, 2.75) is 52.6 Å². The summed E-state index contributed by atoms with van der Waals surface area (Å²) in [5.74, 6) is 3.14. The second kappa shape index (κ2) is 7.14. The molecule has 3 rings (SSSR count). The standard InChI is InChI=1S/C15H26N6.HI/c1-4-15(2)7-9-20(11-15)14(16-3)17-10-13-19-18-12-6-5-8-21(12)13;/h4-11H2,1-3H3,(H,16,17);1H. The Labute approximate surface area is 149 Å². The molecule has 0 aliphatic carbocycles. The summed E-state index contributed by atoms with van der Waals surface area (Å²) in [4.78, 5) is 6.80. The summed E-state index contributed by atoms with van der Waals surface area (Å²) in [5, 5.41) is 12.0. The fourth-order valence-electron chi connectivity index (χ4n) is 3.33. The van der Waals surface area contributed by atoms with Crippen LogP contribution < -0.4 is 5.32 Å². The molecule has 0 bridgehead atoms. The highest BCUT2D eigenvalue weighted by molar-refractivity contribution is 14.0. The van der Waals surface area contributed by atoms with Gasteiger partial charge in [0.1, 0.15) is 5.82 Å². The molecule has 0 spiro atoms. The molecule has 1 atom stereocenters. The van der Waals surface area contributed by atoms with Crippen LogP contribution in [0, 0.1) is 5.41 Å². The Balaban J connectivity index is 0.00000176. The van der Waals surface area contributed by atoms with E-state index in [0.29, 0.717) is 12.0 Å². The van der Waals surface area contributed by atoms with Crippen LogP contribution >= 0.6 is 24.0 Å². The summed E-state index contributed by atoms with van der Waals surface area (Å²) in [6.45, 7) is 8.57. The molecule has 0 amide bonds. The molecule has 0 radical (unpaired) electrons. The number of nitrogens with one attached hydrogen (secondary N) is 1. The van der Waals surface area contributed by atoms with Crippen molar-refractivity contribution in [3.8, 4) is 0 Å². The minimum atomic E-state index is 0. The zero-order valence-corrected chi connectivity index (χ0v) is 16.1. The van der Waals surface area contributed by atoms with Gasteiger partial charge in [-0.25, -0.2) is 0 Å². The van der Waals surface area contributed by atoms with Gasteiger partial charge < -0.3 is 14.8 Å². The highest BCUT2D eigenvalue weighted by Crippen LogP contribution is 2.32. The second-order valence-electron chi connectivity index (χ2n) is 6.52. The molecular weight excluding hydrogens is 391 g/mol. The molecule has 0 saturated carbocycles. The zero-order valence-electron chi connectivity index (χ0n) is 13.8. The number of nitrogens with zero attached hydrogens (tertiary/aromatic N) is 5. The van der Waals surface area contributed by atoms with Gasteiger partial charge in [0, 0.05) is 33.1 Å². The van der Waals surface area contributed by atoms with E-state index in [1.165, 1.54) is 19.3 Å². The number of guanidine groups is 1. The molecular formula is C15H27IN6. The van der Waals surface area contributed by atoms with Gasteiger partial charge in [-0.1, -0.05) is 13.8 Å². The number of halogens is 1. The van der Waals surface area contributed by atoms with Crippen molar-refractivity contribution in [1.29, 1.82) is 0 Å². The van der Waals surface area contributed by atoms with Crippen LogP contribution in [-0.2, 0) is 19.5 Å². The van der Waals surface area contributed by atoms with Crippen molar-refractivity contribution in [2.24, 2.45) is 10.4 Å². The maximum absolute atomic E-state index is 4.44. The third-order valence-corrected chi connectivity index (χ3v) is 5.01. The molecule has 2 aliphatic heterocycles. The summed E-state index contributed by atoms with van der Waals surface area (Å²) in [6, 6.07) is 0. The maximum atomic E-state index is 4.44. The molecule has 7 heteroatoms. The zero-order chi connectivity index (χ0) is 14.9. The van der Waals surface area contributed by atoms with Crippen LogP contribution in [0.15, 0.2) is 4.99 Å².